The number of nitrogens with one attached hydrogen (secondary N) is 2. The highest BCUT2D eigenvalue weighted by molar-refractivity contribution is 6.04. The van der Waals surface area contributed by atoms with Crippen molar-refractivity contribution >= 4 is 17.5 Å². The van der Waals surface area contributed by atoms with Crippen molar-refractivity contribution in [3.63, 3.8) is 0 Å². The quantitative estimate of drug-likeness (QED) is 0.728. The van der Waals surface area contributed by atoms with Gasteiger partial charge in [-0.05, 0) is 24.3 Å². The van der Waals surface area contributed by atoms with Gasteiger partial charge in [-0.3, -0.25) is 4.79 Å². The Bertz CT molecular complexity index is 894. The van der Waals surface area contributed by atoms with Gasteiger partial charge in [-0.1, -0.05) is 0 Å². The summed E-state index contributed by atoms with van der Waals surface area (Å²) in [5.41, 5.74) is 0.961. The van der Waals surface area contributed by atoms with Gasteiger partial charge in [0.15, 0.2) is 11.5 Å². The van der Waals surface area contributed by atoms with E-state index in [4.69, 9.17) is 13.9 Å². The zero-order valence-corrected chi connectivity index (χ0v) is 13.8. The van der Waals surface area contributed by atoms with Gasteiger partial charge in [0.2, 0.25) is 5.95 Å². The van der Waals surface area contributed by atoms with Gasteiger partial charge >= 0.3 is 0 Å². The molecular formula is C18H16N4O4. The molecule has 0 unspecified atom stereocenters. The molecule has 0 bridgehead atoms. The Kier molecular flexibility index (Phi) is 4.38. The van der Waals surface area contributed by atoms with Crippen molar-refractivity contribution in [2.75, 3.05) is 23.8 Å². The number of carbonyl (C=O) groups is 1. The second kappa shape index (κ2) is 7.14. The van der Waals surface area contributed by atoms with Gasteiger partial charge in [0, 0.05) is 24.1 Å². The van der Waals surface area contributed by atoms with Crippen LogP contribution in [0.3, 0.4) is 0 Å². The van der Waals surface area contributed by atoms with Gasteiger partial charge in [-0.25, -0.2) is 9.97 Å². The number of hydrogen-bond acceptors (Lipinski definition) is 7. The molecule has 0 saturated heterocycles. The van der Waals surface area contributed by atoms with Crippen molar-refractivity contribution in [3.8, 4) is 11.5 Å². The maximum Gasteiger partial charge on any atom is 0.258 e. The molecule has 26 heavy (non-hydrogen) atoms. The monoisotopic (exact) mass is 352 g/mol. The van der Waals surface area contributed by atoms with Crippen molar-refractivity contribution in [3.05, 3.63) is 60.3 Å². The van der Waals surface area contributed by atoms with E-state index in [0.717, 1.165) is 5.76 Å². The maximum absolute atomic E-state index is 12.3. The van der Waals surface area contributed by atoms with Crippen LogP contribution in [0.15, 0.2) is 53.4 Å². The van der Waals surface area contributed by atoms with Crippen LogP contribution in [0.1, 0.15) is 16.1 Å². The third-order valence-electron chi connectivity index (χ3n) is 3.71. The highest BCUT2D eigenvalue weighted by Gasteiger charge is 2.14. The standard InChI is InChI=1S/C18H16N4O4/c23-17(22-13-3-4-15-16(8-13)26-7-6-25-15)12-9-19-18(20-10-12)21-11-14-2-1-5-24-14/h1-5,8-10H,6-7,11H2,(H,22,23)(H,19,20,21). The Morgan fingerprint density at radius 3 is 2.65 bits per heavy atom. The number of aromatic nitrogens is 2. The van der Waals surface area contributed by atoms with E-state index in [1.807, 2.05) is 12.1 Å². The first-order valence-electron chi connectivity index (χ1n) is 8.07. The van der Waals surface area contributed by atoms with Gasteiger partial charge in [-0.2, -0.15) is 0 Å². The molecule has 0 fully saturated rings. The third kappa shape index (κ3) is 3.59. The topological polar surface area (TPSA) is 98.5 Å². The number of rotatable bonds is 5. The van der Waals surface area contributed by atoms with Crippen LogP contribution in [0.5, 0.6) is 11.5 Å². The van der Waals surface area contributed by atoms with E-state index < -0.39 is 0 Å². The van der Waals surface area contributed by atoms with E-state index in [-0.39, 0.29) is 5.91 Å². The summed E-state index contributed by atoms with van der Waals surface area (Å²) in [7, 11) is 0. The molecule has 1 amide bonds. The Morgan fingerprint density at radius 2 is 1.88 bits per heavy atom. The van der Waals surface area contributed by atoms with E-state index in [2.05, 4.69) is 20.6 Å². The summed E-state index contributed by atoms with van der Waals surface area (Å²) in [6, 6.07) is 8.91. The molecule has 0 radical (unpaired) electrons. The predicted molar refractivity (Wildman–Crippen MR) is 93.5 cm³/mol. The summed E-state index contributed by atoms with van der Waals surface area (Å²) in [5, 5.41) is 5.81. The third-order valence-corrected chi connectivity index (χ3v) is 3.71. The number of nitrogens with zero attached hydrogens (tertiary/aromatic N) is 2. The zero-order chi connectivity index (χ0) is 17.8. The summed E-state index contributed by atoms with van der Waals surface area (Å²) in [5.74, 6) is 2.16. The summed E-state index contributed by atoms with van der Waals surface area (Å²) in [6.07, 6.45) is 4.53. The maximum atomic E-state index is 12.3. The molecule has 4 rings (SSSR count). The SMILES string of the molecule is O=C(Nc1ccc2c(c1)OCCO2)c1cnc(NCc2ccco2)nc1. The summed E-state index contributed by atoms with van der Waals surface area (Å²) in [4.78, 5) is 20.6. The summed E-state index contributed by atoms with van der Waals surface area (Å²) >= 11 is 0. The number of amides is 1. The molecule has 0 saturated carbocycles. The first kappa shape index (κ1) is 15.9. The van der Waals surface area contributed by atoms with Gasteiger partial charge in [-0.15, -0.1) is 0 Å². The van der Waals surface area contributed by atoms with Crippen LogP contribution >= 0.6 is 0 Å². The van der Waals surface area contributed by atoms with Gasteiger partial charge in [0.25, 0.3) is 5.91 Å². The summed E-state index contributed by atoms with van der Waals surface area (Å²) < 4.78 is 16.2. The number of fused-ring (bicyclic) bond motifs is 1. The number of furan rings is 1. The number of ether oxygens (including phenoxy) is 2. The van der Waals surface area contributed by atoms with Crippen molar-refractivity contribution < 1.29 is 18.7 Å². The van der Waals surface area contributed by atoms with Crippen molar-refractivity contribution in [1.82, 2.24) is 9.97 Å². The fraction of sp³-hybridized carbons (Fsp3) is 0.167. The minimum atomic E-state index is -0.306. The minimum absolute atomic E-state index is 0.306. The fourth-order valence-electron chi connectivity index (χ4n) is 2.44. The van der Waals surface area contributed by atoms with E-state index in [0.29, 0.717) is 48.5 Å². The molecular weight excluding hydrogens is 336 g/mol. The lowest BCUT2D eigenvalue weighted by molar-refractivity contribution is 0.102. The fourth-order valence-corrected chi connectivity index (χ4v) is 2.44. The lowest BCUT2D eigenvalue weighted by Crippen LogP contribution is -2.16. The van der Waals surface area contributed by atoms with Gasteiger partial charge in [0.05, 0.1) is 18.4 Å². The zero-order valence-electron chi connectivity index (χ0n) is 13.8. The van der Waals surface area contributed by atoms with E-state index in [1.165, 1.54) is 12.4 Å². The van der Waals surface area contributed by atoms with E-state index in [9.17, 15) is 4.79 Å². The number of benzene rings is 1. The van der Waals surface area contributed by atoms with Crippen molar-refractivity contribution in [1.29, 1.82) is 0 Å². The number of anilines is 2. The average Bonchev–Trinajstić information content (AvgIpc) is 3.20. The molecule has 132 valence electrons. The van der Waals surface area contributed by atoms with E-state index >= 15 is 0 Å². The lowest BCUT2D eigenvalue weighted by Gasteiger charge is -2.19. The molecule has 1 aliphatic rings. The first-order valence-corrected chi connectivity index (χ1v) is 8.07. The average molecular weight is 352 g/mol. The molecule has 0 atom stereocenters. The van der Waals surface area contributed by atoms with Crippen LogP contribution in [-0.2, 0) is 6.54 Å². The summed E-state index contributed by atoms with van der Waals surface area (Å²) in [6.45, 7) is 1.48. The van der Waals surface area contributed by atoms with Gasteiger partial charge in [0.1, 0.15) is 19.0 Å². The molecule has 1 aromatic carbocycles. The Balaban J connectivity index is 1.38. The minimum Gasteiger partial charge on any atom is -0.486 e. The molecule has 3 heterocycles. The Labute approximate surface area is 149 Å². The molecule has 1 aliphatic heterocycles. The van der Waals surface area contributed by atoms with Crippen LogP contribution in [0.2, 0.25) is 0 Å². The normalized spacial score (nSPS) is 12.5. The first-order chi connectivity index (χ1) is 12.8. The predicted octanol–water partition coefficient (Wildman–Crippen LogP) is 2.71. The largest absolute Gasteiger partial charge is 0.486 e. The molecule has 0 aliphatic carbocycles. The van der Waals surface area contributed by atoms with Crippen LogP contribution < -0.4 is 20.1 Å². The lowest BCUT2D eigenvalue weighted by atomic mass is 10.2. The molecule has 2 N–H and O–H groups in total. The van der Waals surface area contributed by atoms with Crippen LogP contribution in [-0.4, -0.2) is 29.1 Å². The molecule has 8 heteroatoms. The molecule has 0 spiro atoms. The van der Waals surface area contributed by atoms with Crippen LogP contribution in [0, 0.1) is 0 Å². The molecule has 2 aromatic heterocycles. The van der Waals surface area contributed by atoms with Crippen molar-refractivity contribution in [2.24, 2.45) is 0 Å². The second-order valence-electron chi connectivity index (χ2n) is 5.54. The Morgan fingerprint density at radius 1 is 1.08 bits per heavy atom. The number of hydrogen-bond donors (Lipinski definition) is 2. The highest BCUT2D eigenvalue weighted by Crippen LogP contribution is 2.32. The van der Waals surface area contributed by atoms with E-state index in [1.54, 1.807) is 24.5 Å². The van der Waals surface area contributed by atoms with Gasteiger partial charge < -0.3 is 24.5 Å². The van der Waals surface area contributed by atoms with Crippen LogP contribution in [0.4, 0.5) is 11.6 Å². The highest BCUT2D eigenvalue weighted by atomic mass is 16.6. The van der Waals surface area contributed by atoms with Crippen molar-refractivity contribution in [2.45, 2.75) is 6.54 Å². The molecule has 3 aromatic rings. The Hall–Kier alpha value is -3.55. The second-order valence-corrected chi connectivity index (χ2v) is 5.54. The smallest absolute Gasteiger partial charge is 0.258 e. The number of carbonyl (C=O) groups excluding carboxylic acids is 1. The van der Waals surface area contributed by atoms with Crippen LogP contribution in [0.25, 0.3) is 0 Å². The molecule has 8 nitrogen and oxygen atoms in total.